The second-order valence-corrected chi connectivity index (χ2v) is 11.2. The van der Waals surface area contributed by atoms with Crippen LogP contribution in [0.3, 0.4) is 0 Å². The molecule has 0 aliphatic carbocycles. The maximum Gasteiger partial charge on any atom is 0.272 e. The number of hydrogen-bond acceptors (Lipinski definition) is 4. The molecule has 1 heterocycles. The molecule has 5 rings (SSSR count). The summed E-state index contributed by atoms with van der Waals surface area (Å²) in [5.74, 6) is -1.65. The Morgan fingerprint density at radius 3 is 2.37 bits per heavy atom. The summed E-state index contributed by atoms with van der Waals surface area (Å²) in [7, 11) is 0. The Hall–Kier alpha value is -4.21. The zero-order valence-corrected chi connectivity index (χ0v) is 24.2. The Morgan fingerprint density at radius 2 is 1.61 bits per heavy atom. The molecular formula is C32H25BrFN3O3S. The molecule has 4 aromatic carbocycles. The topological polar surface area (TPSA) is 78.5 Å². The Labute approximate surface area is 249 Å². The van der Waals surface area contributed by atoms with Gasteiger partial charge in [-0.25, -0.2) is 4.39 Å². The number of halogens is 2. The first-order chi connectivity index (χ1) is 19.9. The van der Waals surface area contributed by atoms with Crippen molar-refractivity contribution in [2.45, 2.75) is 11.3 Å². The highest BCUT2D eigenvalue weighted by atomic mass is 79.9. The molecule has 6 nitrogen and oxygen atoms in total. The van der Waals surface area contributed by atoms with Gasteiger partial charge in [0.15, 0.2) is 0 Å². The maximum absolute atomic E-state index is 14.2. The number of anilines is 2. The summed E-state index contributed by atoms with van der Waals surface area (Å²) < 4.78 is 15.1. The summed E-state index contributed by atoms with van der Waals surface area (Å²) in [6, 6.07) is 27.8. The molecule has 4 aromatic rings. The number of nitrogens with zero attached hydrogens (tertiary/aromatic N) is 1. The number of nitrogens with one attached hydrogen (secondary N) is 2. The summed E-state index contributed by atoms with van der Waals surface area (Å²) >= 11 is 4.80. The van der Waals surface area contributed by atoms with Gasteiger partial charge in [0.2, 0.25) is 5.91 Å². The first-order valence-electron chi connectivity index (χ1n) is 12.8. The van der Waals surface area contributed by atoms with Crippen LogP contribution in [-0.2, 0) is 16.0 Å². The highest BCUT2D eigenvalue weighted by Gasteiger charge is 2.24. The van der Waals surface area contributed by atoms with Gasteiger partial charge in [0.1, 0.15) is 11.5 Å². The minimum atomic E-state index is -0.737. The lowest BCUT2D eigenvalue weighted by atomic mass is 10.1. The molecule has 0 unspecified atom stereocenters. The van der Waals surface area contributed by atoms with Crippen molar-refractivity contribution in [3.05, 3.63) is 130 Å². The van der Waals surface area contributed by atoms with E-state index in [2.05, 4.69) is 26.6 Å². The summed E-state index contributed by atoms with van der Waals surface area (Å²) in [5.41, 5.74) is 3.12. The Kier molecular flexibility index (Phi) is 8.96. The van der Waals surface area contributed by atoms with E-state index in [0.717, 1.165) is 21.5 Å². The lowest BCUT2D eigenvalue weighted by molar-refractivity contribution is -0.116. The van der Waals surface area contributed by atoms with E-state index < -0.39 is 17.6 Å². The molecular weight excluding hydrogens is 605 g/mol. The van der Waals surface area contributed by atoms with E-state index in [9.17, 15) is 18.8 Å². The number of benzene rings is 4. The monoisotopic (exact) mass is 629 g/mol. The molecule has 1 aliphatic rings. The van der Waals surface area contributed by atoms with Crippen molar-refractivity contribution in [3.63, 3.8) is 0 Å². The summed E-state index contributed by atoms with van der Waals surface area (Å²) in [6.45, 7) is 0.688. The number of carbonyl (C=O) groups excluding carboxylic acids is 3. The highest BCUT2D eigenvalue weighted by Crippen LogP contribution is 2.29. The first kappa shape index (κ1) is 28.3. The fourth-order valence-corrected chi connectivity index (χ4v) is 5.41. The summed E-state index contributed by atoms with van der Waals surface area (Å²) in [6.07, 6.45) is 2.38. The molecule has 9 heteroatoms. The van der Waals surface area contributed by atoms with Crippen LogP contribution in [0.2, 0.25) is 0 Å². The molecule has 0 aromatic heterocycles. The molecule has 0 saturated heterocycles. The van der Waals surface area contributed by atoms with Gasteiger partial charge in [0, 0.05) is 27.3 Å². The van der Waals surface area contributed by atoms with E-state index in [1.165, 1.54) is 41.6 Å². The van der Waals surface area contributed by atoms with Gasteiger partial charge in [-0.1, -0.05) is 58.4 Å². The Bertz CT molecular complexity index is 1620. The lowest BCUT2D eigenvalue weighted by Gasteiger charge is -2.17. The quantitative estimate of drug-likeness (QED) is 0.168. The van der Waals surface area contributed by atoms with Gasteiger partial charge in [-0.05, 0) is 78.2 Å². The van der Waals surface area contributed by atoms with Crippen molar-refractivity contribution >= 4 is 62.9 Å². The Balaban J connectivity index is 1.25. The minimum Gasteiger partial charge on any atom is -0.321 e. The van der Waals surface area contributed by atoms with Crippen molar-refractivity contribution < 1.29 is 18.8 Å². The molecule has 0 fully saturated rings. The van der Waals surface area contributed by atoms with Crippen LogP contribution in [0.25, 0.3) is 6.08 Å². The smallest absolute Gasteiger partial charge is 0.272 e. The number of hydrogen-bond donors (Lipinski definition) is 2. The molecule has 0 spiro atoms. The zero-order valence-electron chi connectivity index (χ0n) is 21.8. The van der Waals surface area contributed by atoms with Crippen LogP contribution >= 0.6 is 27.7 Å². The number of para-hydroxylation sites is 1. The average molecular weight is 631 g/mol. The third-order valence-electron chi connectivity index (χ3n) is 6.46. The summed E-state index contributed by atoms with van der Waals surface area (Å²) in [5, 5.41) is 5.33. The average Bonchev–Trinajstić information content (AvgIpc) is 3.42. The van der Waals surface area contributed by atoms with Crippen LogP contribution in [0.15, 0.2) is 112 Å². The summed E-state index contributed by atoms with van der Waals surface area (Å²) in [4.78, 5) is 41.6. The molecule has 3 amide bonds. The van der Waals surface area contributed by atoms with Crippen molar-refractivity contribution in [3.8, 4) is 0 Å². The number of amides is 3. The van der Waals surface area contributed by atoms with Crippen molar-refractivity contribution in [1.29, 1.82) is 0 Å². The van der Waals surface area contributed by atoms with E-state index in [0.29, 0.717) is 23.5 Å². The van der Waals surface area contributed by atoms with E-state index in [4.69, 9.17) is 0 Å². The largest absolute Gasteiger partial charge is 0.321 e. The van der Waals surface area contributed by atoms with Crippen LogP contribution in [0.1, 0.15) is 21.5 Å². The van der Waals surface area contributed by atoms with E-state index in [1.807, 2.05) is 53.4 Å². The Morgan fingerprint density at radius 1 is 0.902 bits per heavy atom. The maximum atomic E-state index is 14.2. The molecule has 206 valence electrons. The van der Waals surface area contributed by atoms with Gasteiger partial charge in [-0.2, -0.15) is 0 Å². The van der Waals surface area contributed by atoms with E-state index in [-0.39, 0.29) is 17.2 Å². The van der Waals surface area contributed by atoms with Gasteiger partial charge in [-0.15, -0.1) is 11.8 Å². The fourth-order valence-electron chi connectivity index (χ4n) is 4.37. The molecule has 0 bridgehead atoms. The second-order valence-electron chi connectivity index (χ2n) is 9.23. The van der Waals surface area contributed by atoms with Crippen LogP contribution in [0.5, 0.6) is 0 Å². The standard InChI is InChI=1S/C32H25BrFN3O3S/c33-23-11-9-21(10-12-23)19-28(36-31(39)26-6-2-3-7-27(26)34)32(40)35-24-13-15-25(16-14-24)41-20-30(38)37-18-17-22-5-1-4-8-29(22)37/h1-16,19H,17-18,20H2,(H,35,40)(H,36,39). The third kappa shape index (κ3) is 7.11. The predicted octanol–water partition coefficient (Wildman–Crippen LogP) is 6.68. The lowest BCUT2D eigenvalue weighted by Crippen LogP contribution is -2.31. The fraction of sp³-hybridized carbons (Fsp3) is 0.0938. The van der Waals surface area contributed by atoms with Gasteiger partial charge in [-0.3, -0.25) is 14.4 Å². The van der Waals surface area contributed by atoms with E-state index in [1.54, 1.807) is 30.3 Å². The number of rotatable bonds is 8. The number of thioether (sulfide) groups is 1. The minimum absolute atomic E-state index is 0.0458. The molecule has 1 aliphatic heterocycles. The van der Waals surface area contributed by atoms with Gasteiger partial charge in [0.25, 0.3) is 11.8 Å². The zero-order chi connectivity index (χ0) is 28.8. The van der Waals surface area contributed by atoms with Crippen LogP contribution < -0.4 is 15.5 Å². The molecule has 41 heavy (non-hydrogen) atoms. The number of fused-ring (bicyclic) bond motifs is 1. The third-order valence-corrected chi connectivity index (χ3v) is 7.98. The van der Waals surface area contributed by atoms with Crippen molar-refractivity contribution in [1.82, 2.24) is 5.32 Å². The SMILES string of the molecule is O=C(Nc1ccc(SCC(=O)N2CCc3ccccc32)cc1)C(=Cc1ccc(Br)cc1)NC(=O)c1ccccc1F. The van der Waals surface area contributed by atoms with Gasteiger partial charge >= 0.3 is 0 Å². The van der Waals surface area contributed by atoms with Crippen LogP contribution in [-0.4, -0.2) is 30.0 Å². The van der Waals surface area contributed by atoms with Crippen LogP contribution in [0.4, 0.5) is 15.8 Å². The molecule has 0 atom stereocenters. The molecule has 0 radical (unpaired) electrons. The molecule has 2 N–H and O–H groups in total. The second kappa shape index (κ2) is 13.0. The van der Waals surface area contributed by atoms with Crippen molar-refractivity contribution in [2.24, 2.45) is 0 Å². The molecule has 0 saturated carbocycles. The number of carbonyl (C=O) groups is 3. The predicted molar refractivity (Wildman–Crippen MR) is 164 cm³/mol. The van der Waals surface area contributed by atoms with Crippen LogP contribution in [0, 0.1) is 5.82 Å². The highest BCUT2D eigenvalue weighted by molar-refractivity contribution is 9.10. The van der Waals surface area contributed by atoms with Gasteiger partial charge in [0.05, 0.1) is 11.3 Å². The van der Waals surface area contributed by atoms with Crippen molar-refractivity contribution in [2.75, 3.05) is 22.5 Å². The first-order valence-corrected chi connectivity index (χ1v) is 14.6. The normalized spacial score (nSPS) is 12.5. The van der Waals surface area contributed by atoms with E-state index >= 15 is 0 Å². The van der Waals surface area contributed by atoms with Gasteiger partial charge < -0.3 is 15.5 Å².